The number of anilines is 1. The summed E-state index contributed by atoms with van der Waals surface area (Å²) in [5.41, 5.74) is 0. The minimum Gasteiger partial charge on any atom is -0.388 e. The molecule has 5 nitrogen and oxygen atoms in total. The first kappa shape index (κ1) is 11.4. The average molecular weight is 262 g/mol. The largest absolute Gasteiger partial charge is 0.388 e. The fraction of sp³-hybridized carbons (Fsp3) is 0.571. The number of hydrogen-bond acceptors (Lipinski definition) is 5. The Labute approximate surface area is 106 Å². The molecule has 0 N–H and O–H groups in total. The van der Waals surface area contributed by atoms with Crippen LogP contribution in [-0.2, 0) is 0 Å². The standard InChI is InChI=1S/C7H8Cl2N5.Al.2H/c8-5-11-6(9)13-7(12-5)14-3-1-10-2-4-14;;;/h1-4H2;;;/q-1;+1;;. The van der Waals surface area contributed by atoms with Crippen LogP contribution in [-0.4, -0.2) is 61.5 Å². The molecule has 0 unspecified atom stereocenters. The lowest BCUT2D eigenvalue weighted by atomic mass is 10.4. The van der Waals surface area contributed by atoms with Gasteiger partial charge in [0, 0.05) is 13.1 Å². The Hall–Kier alpha value is -0.118. The zero-order valence-electron chi connectivity index (χ0n) is 8.32. The molecule has 2 rings (SSSR count). The van der Waals surface area contributed by atoms with Crippen molar-refractivity contribution in [2.24, 2.45) is 0 Å². The Kier molecular flexibility index (Phi) is 3.65. The monoisotopic (exact) mass is 261 g/mol. The molecule has 1 fully saturated rings. The molecule has 0 atom stereocenters. The first-order valence-electron chi connectivity index (χ1n) is 4.66. The van der Waals surface area contributed by atoms with Crippen LogP contribution in [0.5, 0.6) is 0 Å². The molecular weight excluding hydrogens is 252 g/mol. The van der Waals surface area contributed by atoms with Crippen LogP contribution in [0.3, 0.4) is 0 Å². The Morgan fingerprint density at radius 3 is 2.00 bits per heavy atom. The van der Waals surface area contributed by atoms with Crippen LogP contribution >= 0.6 is 23.2 Å². The molecule has 0 radical (unpaired) electrons. The molecule has 1 aliphatic rings. The van der Waals surface area contributed by atoms with Gasteiger partial charge in [-0.15, -0.1) is 0 Å². The van der Waals surface area contributed by atoms with E-state index < -0.39 is 0 Å². The minimum atomic E-state index is 0.151. The van der Waals surface area contributed by atoms with Crippen molar-refractivity contribution in [2.45, 2.75) is 0 Å². The highest BCUT2D eigenvalue weighted by Crippen LogP contribution is 2.14. The molecule has 2 heterocycles. The predicted molar refractivity (Wildman–Crippen MR) is 62.2 cm³/mol. The predicted octanol–water partition coefficient (Wildman–Crippen LogP) is -0.152. The van der Waals surface area contributed by atoms with E-state index in [1.807, 2.05) is 0 Å². The molecule has 80 valence electrons. The zero-order chi connectivity index (χ0) is 10.8. The molecule has 0 amide bonds. The molecule has 0 saturated carbocycles. The van der Waals surface area contributed by atoms with E-state index in [9.17, 15) is 0 Å². The van der Waals surface area contributed by atoms with Gasteiger partial charge >= 0.3 is 16.5 Å². The minimum absolute atomic E-state index is 0.151. The lowest BCUT2D eigenvalue weighted by molar-refractivity contribution is 0.411. The Bertz CT molecular complexity index is 335. The average Bonchev–Trinajstić information content (AvgIpc) is 2.17. The van der Waals surface area contributed by atoms with Gasteiger partial charge in [-0.1, -0.05) is 0 Å². The fourth-order valence-electron chi connectivity index (χ4n) is 1.46. The van der Waals surface area contributed by atoms with Crippen molar-refractivity contribution in [2.75, 3.05) is 31.1 Å². The number of rotatable bonds is 1. The van der Waals surface area contributed by atoms with Crippen molar-refractivity contribution >= 4 is 45.7 Å². The van der Waals surface area contributed by atoms with Crippen molar-refractivity contribution < 1.29 is 0 Å². The van der Waals surface area contributed by atoms with Crippen LogP contribution in [0.2, 0.25) is 10.6 Å². The van der Waals surface area contributed by atoms with Crippen LogP contribution in [0.4, 0.5) is 5.95 Å². The molecule has 0 spiro atoms. The molecule has 1 aromatic rings. The second-order valence-electron chi connectivity index (χ2n) is 3.46. The number of hydrogen-bond donors (Lipinski definition) is 0. The smallest absolute Gasteiger partial charge is 0.322 e. The second kappa shape index (κ2) is 4.81. The van der Waals surface area contributed by atoms with Crippen LogP contribution < -0.4 is 4.90 Å². The molecular formula is C7H10AlCl2N5. The third-order valence-corrected chi connectivity index (χ3v) is 3.59. The summed E-state index contributed by atoms with van der Waals surface area (Å²) in [7, 11) is 0. The van der Waals surface area contributed by atoms with Gasteiger partial charge in [-0.2, -0.15) is 15.0 Å². The van der Waals surface area contributed by atoms with E-state index >= 15 is 0 Å². The molecule has 15 heavy (non-hydrogen) atoms. The topological polar surface area (TPSA) is 45.2 Å². The Morgan fingerprint density at radius 2 is 1.47 bits per heavy atom. The number of aromatic nitrogens is 3. The lowest BCUT2D eigenvalue weighted by Crippen LogP contribution is -2.45. The van der Waals surface area contributed by atoms with Crippen molar-refractivity contribution in [1.29, 1.82) is 0 Å². The van der Waals surface area contributed by atoms with Crippen molar-refractivity contribution in [1.82, 2.24) is 18.8 Å². The van der Waals surface area contributed by atoms with Crippen LogP contribution in [0.1, 0.15) is 0 Å². The number of piperazine rings is 1. The van der Waals surface area contributed by atoms with E-state index in [4.69, 9.17) is 23.2 Å². The molecule has 0 aromatic carbocycles. The summed E-state index contributed by atoms with van der Waals surface area (Å²) in [6, 6.07) is 0. The van der Waals surface area contributed by atoms with Gasteiger partial charge in [-0.05, 0) is 36.3 Å². The fourth-order valence-corrected chi connectivity index (χ4v) is 2.22. The van der Waals surface area contributed by atoms with Gasteiger partial charge in [-0.3, -0.25) is 0 Å². The van der Waals surface area contributed by atoms with Gasteiger partial charge in [0.05, 0.1) is 0 Å². The van der Waals surface area contributed by atoms with Crippen molar-refractivity contribution in [3.05, 3.63) is 10.6 Å². The third kappa shape index (κ3) is 2.93. The third-order valence-electron chi connectivity index (χ3n) is 2.36. The van der Waals surface area contributed by atoms with Crippen molar-refractivity contribution in [3.8, 4) is 0 Å². The summed E-state index contributed by atoms with van der Waals surface area (Å²) in [5, 5.41) is 0.302. The van der Waals surface area contributed by atoms with Gasteiger partial charge in [-0.25, -0.2) is 0 Å². The molecule has 1 saturated heterocycles. The van der Waals surface area contributed by atoms with Gasteiger partial charge in [0.25, 0.3) is 0 Å². The highest BCUT2D eigenvalue weighted by molar-refractivity contribution is 6.31. The summed E-state index contributed by atoms with van der Waals surface area (Å²) < 4.78 is 2.39. The maximum absolute atomic E-state index is 5.72. The molecule has 0 bridgehead atoms. The van der Waals surface area contributed by atoms with Gasteiger partial charge in [0.1, 0.15) is 0 Å². The summed E-state index contributed by atoms with van der Waals surface area (Å²) in [6.07, 6.45) is 0. The molecule has 1 aliphatic heterocycles. The first-order valence-corrected chi connectivity index (χ1v) is 6.31. The van der Waals surface area contributed by atoms with Gasteiger partial charge in [0.2, 0.25) is 16.5 Å². The highest BCUT2D eigenvalue weighted by atomic mass is 35.5. The Balaban J connectivity index is 2.15. The lowest BCUT2D eigenvalue weighted by Gasteiger charge is -2.33. The summed E-state index contributed by atoms with van der Waals surface area (Å²) in [6.45, 7) is 3.93. The first-order chi connectivity index (χ1) is 7.15. The van der Waals surface area contributed by atoms with E-state index in [1.54, 1.807) is 0 Å². The summed E-state index contributed by atoms with van der Waals surface area (Å²) in [4.78, 5) is 13.9. The van der Waals surface area contributed by atoms with E-state index in [2.05, 4.69) is 23.7 Å². The second-order valence-corrected chi connectivity index (χ2v) is 5.40. The van der Waals surface area contributed by atoms with E-state index in [0.29, 0.717) is 5.95 Å². The van der Waals surface area contributed by atoms with Gasteiger partial charge < -0.3 is 8.78 Å². The quantitative estimate of drug-likeness (QED) is 0.658. The summed E-state index contributed by atoms with van der Waals surface area (Å²) >= 11 is 12.5. The molecule has 8 heteroatoms. The molecule has 0 aliphatic carbocycles. The number of halogens is 2. The van der Waals surface area contributed by atoms with Crippen molar-refractivity contribution in [3.63, 3.8) is 0 Å². The van der Waals surface area contributed by atoms with E-state index in [1.165, 1.54) is 0 Å². The highest BCUT2D eigenvalue weighted by Gasteiger charge is 2.17. The van der Waals surface area contributed by atoms with Crippen LogP contribution in [0, 0.1) is 0 Å². The van der Waals surface area contributed by atoms with Gasteiger partial charge in [0.15, 0.2) is 0 Å². The van der Waals surface area contributed by atoms with Crippen LogP contribution in [0.25, 0.3) is 0 Å². The maximum Gasteiger partial charge on any atom is 0.322 e. The van der Waals surface area contributed by atoms with E-state index in [-0.39, 0.29) is 10.6 Å². The van der Waals surface area contributed by atoms with E-state index in [0.717, 1.165) is 42.7 Å². The number of nitrogens with zero attached hydrogens (tertiary/aromatic N) is 5. The SMILES string of the molecule is [AlH2][N]1CCN(c2nc(Cl)nc(Cl)n2)CC1. The maximum atomic E-state index is 5.72. The van der Waals surface area contributed by atoms with Crippen LogP contribution in [0.15, 0.2) is 0 Å². The zero-order valence-corrected chi connectivity index (χ0v) is 11.8. The molecule has 1 aromatic heterocycles. The Morgan fingerprint density at radius 1 is 0.933 bits per heavy atom. The normalized spacial score (nSPS) is 18.1. The summed E-state index contributed by atoms with van der Waals surface area (Å²) in [5.74, 6) is 0.578.